The SMILES string of the molecule is CC(C)(C)OC(=O)N1CCN(c2ccc(-c3ccc4c(c3)OCc3nc(CN5CCCCC5)cn3-4)cc2)CC1. The van der Waals surface area contributed by atoms with E-state index < -0.39 is 5.60 Å². The van der Waals surface area contributed by atoms with Gasteiger partial charge in [-0.15, -0.1) is 0 Å². The normalized spacial score (nSPS) is 17.8. The summed E-state index contributed by atoms with van der Waals surface area (Å²) in [6.45, 7) is 12.3. The van der Waals surface area contributed by atoms with Crippen LogP contribution in [0.3, 0.4) is 0 Å². The van der Waals surface area contributed by atoms with Crippen molar-refractivity contribution in [3.05, 3.63) is 60.2 Å². The Morgan fingerprint density at radius 1 is 0.923 bits per heavy atom. The molecule has 1 aromatic heterocycles. The van der Waals surface area contributed by atoms with Crippen LogP contribution < -0.4 is 9.64 Å². The molecule has 2 aromatic carbocycles. The maximum absolute atomic E-state index is 12.4. The molecule has 0 radical (unpaired) electrons. The molecule has 0 aliphatic carbocycles. The fourth-order valence-electron chi connectivity index (χ4n) is 5.69. The van der Waals surface area contributed by atoms with Gasteiger partial charge in [-0.25, -0.2) is 9.78 Å². The van der Waals surface area contributed by atoms with Gasteiger partial charge in [0, 0.05) is 44.6 Å². The van der Waals surface area contributed by atoms with Gasteiger partial charge in [0.25, 0.3) is 0 Å². The van der Waals surface area contributed by atoms with E-state index >= 15 is 0 Å². The fraction of sp³-hybridized carbons (Fsp3) is 0.484. The van der Waals surface area contributed by atoms with Gasteiger partial charge in [-0.3, -0.25) is 9.47 Å². The number of piperazine rings is 1. The first-order valence-corrected chi connectivity index (χ1v) is 14.2. The van der Waals surface area contributed by atoms with Crippen LogP contribution in [0.4, 0.5) is 10.5 Å². The average molecular weight is 530 g/mol. The van der Waals surface area contributed by atoms with Crippen molar-refractivity contribution in [3.63, 3.8) is 0 Å². The van der Waals surface area contributed by atoms with Crippen molar-refractivity contribution in [3.8, 4) is 22.6 Å². The number of piperidine rings is 1. The van der Waals surface area contributed by atoms with Gasteiger partial charge in [0.15, 0.2) is 5.82 Å². The van der Waals surface area contributed by atoms with Crippen LogP contribution in [0.5, 0.6) is 5.75 Å². The zero-order valence-electron chi connectivity index (χ0n) is 23.4. The Morgan fingerprint density at radius 3 is 2.36 bits per heavy atom. The molecular weight excluding hydrogens is 490 g/mol. The first kappa shape index (κ1) is 25.7. The molecule has 206 valence electrons. The first-order valence-electron chi connectivity index (χ1n) is 14.2. The minimum Gasteiger partial charge on any atom is -0.483 e. The topological polar surface area (TPSA) is 63.1 Å². The number of nitrogens with zero attached hydrogens (tertiary/aromatic N) is 5. The fourth-order valence-corrected chi connectivity index (χ4v) is 5.69. The molecule has 8 heteroatoms. The standard InChI is InChI=1S/C31H39N5O3/c1-31(2,3)39-30(37)35-17-15-34(16-18-35)26-10-7-23(8-11-26)24-9-12-27-28(19-24)38-22-29-32-25(21-36(27)29)20-33-13-5-4-6-14-33/h7-12,19,21H,4-6,13-18,20,22H2,1-3H3. The lowest BCUT2D eigenvalue weighted by molar-refractivity contribution is 0.0240. The predicted octanol–water partition coefficient (Wildman–Crippen LogP) is 5.47. The molecule has 1 amide bonds. The van der Waals surface area contributed by atoms with Crippen LogP contribution in [0.15, 0.2) is 48.7 Å². The van der Waals surface area contributed by atoms with Crippen LogP contribution in [0, 0.1) is 0 Å². The van der Waals surface area contributed by atoms with E-state index in [1.807, 2.05) is 20.8 Å². The molecule has 0 spiro atoms. The second kappa shape index (κ2) is 10.6. The number of imidazole rings is 1. The highest BCUT2D eigenvalue weighted by molar-refractivity contribution is 5.71. The lowest BCUT2D eigenvalue weighted by Gasteiger charge is -2.36. The predicted molar refractivity (Wildman–Crippen MR) is 152 cm³/mol. The second-order valence-electron chi connectivity index (χ2n) is 11.8. The molecular formula is C31H39N5O3. The number of anilines is 1. The van der Waals surface area contributed by atoms with E-state index in [9.17, 15) is 4.79 Å². The second-order valence-corrected chi connectivity index (χ2v) is 11.8. The molecule has 0 unspecified atom stereocenters. The summed E-state index contributed by atoms with van der Waals surface area (Å²) in [5.41, 5.74) is 5.16. The van der Waals surface area contributed by atoms with Crippen LogP contribution >= 0.6 is 0 Å². The van der Waals surface area contributed by atoms with E-state index in [1.165, 1.54) is 38.0 Å². The Labute approximate surface area is 231 Å². The van der Waals surface area contributed by atoms with E-state index in [0.29, 0.717) is 19.7 Å². The van der Waals surface area contributed by atoms with E-state index in [-0.39, 0.29) is 6.09 Å². The monoisotopic (exact) mass is 529 g/mol. The molecule has 3 aliphatic heterocycles. The Bertz CT molecular complexity index is 1310. The summed E-state index contributed by atoms with van der Waals surface area (Å²) in [5.74, 6) is 1.86. The van der Waals surface area contributed by atoms with Gasteiger partial charge >= 0.3 is 6.09 Å². The molecule has 2 saturated heterocycles. The van der Waals surface area contributed by atoms with Crippen LogP contribution in [0.2, 0.25) is 0 Å². The molecule has 39 heavy (non-hydrogen) atoms. The van der Waals surface area contributed by atoms with E-state index in [4.69, 9.17) is 14.5 Å². The highest BCUT2D eigenvalue weighted by atomic mass is 16.6. The number of likely N-dealkylation sites (tertiary alicyclic amines) is 1. The molecule has 3 aromatic rings. The number of rotatable bonds is 4. The van der Waals surface area contributed by atoms with Crippen LogP contribution in [-0.4, -0.2) is 70.3 Å². The Kier molecular flexibility index (Phi) is 6.97. The van der Waals surface area contributed by atoms with Gasteiger partial charge in [-0.2, -0.15) is 0 Å². The van der Waals surface area contributed by atoms with Crippen molar-refractivity contribution < 1.29 is 14.3 Å². The Morgan fingerprint density at radius 2 is 1.64 bits per heavy atom. The molecule has 0 bridgehead atoms. The third-order valence-electron chi connectivity index (χ3n) is 7.74. The number of ether oxygens (including phenoxy) is 2. The molecule has 0 N–H and O–H groups in total. The number of hydrogen-bond donors (Lipinski definition) is 0. The smallest absolute Gasteiger partial charge is 0.410 e. The quantitative estimate of drug-likeness (QED) is 0.446. The summed E-state index contributed by atoms with van der Waals surface area (Å²) in [4.78, 5) is 23.9. The molecule has 0 saturated carbocycles. The molecule has 3 aliphatic rings. The van der Waals surface area contributed by atoms with Crippen LogP contribution in [0.25, 0.3) is 16.8 Å². The zero-order valence-corrected chi connectivity index (χ0v) is 23.4. The van der Waals surface area contributed by atoms with Crippen molar-refractivity contribution in [2.45, 2.75) is 58.8 Å². The van der Waals surface area contributed by atoms with Gasteiger partial charge in [-0.05, 0) is 82.1 Å². The van der Waals surface area contributed by atoms with Gasteiger partial charge in [0.1, 0.15) is 18.0 Å². The number of carbonyl (C=O) groups excluding carboxylic acids is 1. The van der Waals surface area contributed by atoms with Gasteiger partial charge in [-0.1, -0.05) is 24.6 Å². The summed E-state index contributed by atoms with van der Waals surface area (Å²) >= 11 is 0. The Balaban J connectivity index is 1.11. The van der Waals surface area contributed by atoms with Crippen molar-refractivity contribution in [2.24, 2.45) is 0 Å². The maximum Gasteiger partial charge on any atom is 0.410 e. The number of carbonyl (C=O) groups is 1. The van der Waals surface area contributed by atoms with Gasteiger partial charge in [0.05, 0.1) is 11.4 Å². The summed E-state index contributed by atoms with van der Waals surface area (Å²) in [7, 11) is 0. The molecule has 4 heterocycles. The van der Waals surface area contributed by atoms with Crippen LogP contribution in [0.1, 0.15) is 51.6 Å². The summed E-state index contributed by atoms with van der Waals surface area (Å²) in [5, 5.41) is 0. The number of hydrogen-bond acceptors (Lipinski definition) is 6. The molecule has 0 atom stereocenters. The summed E-state index contributed by atoms with van der Waals surface area (Å²) in [6.07, 6.45) is 5.87. The number of aromatic nitrogens is 2. The third kappa shape index (κ3) is 5.76. The van der Waals surface area contributed by atoms with Gasteiger partial charge in [0.2, 0.25) is 0 Å². The third-order valence-corrected chi connectivity index (χ3v) is 7.74. The zero-order chi connectivity index (χ0) is 27.0. The van der Waals surface area contributed by atoms with E-state index in [1.54, 1.807) is 4.90 Å². The first-order chi connectivity index (χ1) is 18.8. The number of fused-ring (bicyclic) bond motifs is 3. The lowest BCUT2D eigenvalue weighted by atomic mass is 10.0. The summed E-state index contributed by atoms with van der Waals surface area (Å²) in [6, 6.07) is 15.1. The van der Waals surface area contributed by atoms with Crippen molar-refractivity contribution in [1.82, 2.24) is 19.4 Å². The number of amides is 1. The highest BCUT2D eigenvalue weighted by Crippen LogP contribution is 2.35. The van der Waals surface area contributed by atoms with E-state index in [0.717, 1.165) is 53.7 Å². The molecule has 6 rings (SSSR count). The molecule has 8 nitrogen and oxygen atoms in total. The minimum absolute atomic E-state index is 0.229. The van der Waals surface area contributed by atoms with Crippen molar-refractivity contribution >= 4 is 11.8 Å². The highest BCUT2D eigenvalue weighted by Gasteiger charge is 2.26. The maximum atomic E-state index is 12.4. The van der Waals surface area contributed by atoms with Crippen molar-refractivity contribution in [2.75, 3.05) is 44.2 Å². The minimum atomic E-state index is -0.470. The summed E-state index contributed by atoms with van der Waals surface area (Å²) < 4.78 is 13.9. The lowest BCUT2D eigenvalue weighted by Crippen LogP contribution is -2.50. The Hall–Kier alpha value is -3.52. The van der Waals surface area contributed by atoms with E-state index in [2.05, 4.69) is 63.0 Å². The average Bonchev–Trinajstić information content (AvgIpc) is 3.35. The van der Waals surface area contributed by atoms with Crippen molar-refractivity contribution in [1.29, 1.82) is 0 Å². The number of benzene rings is 2. The molecule has 2 fully saturated rings. The van der Waals surface area contributed by atoms with Crippen LogP contribution in [-0.2, 0) is 17.9 Å². The van der Waals surface area contributed by atoms with Gasteiger partial charge < -0.3 is 19.3 Å². The largest absolute Gasteiger partial charge is 0.483 e.